The number of hydrogen-bond donors (Lipinski definition) is 1. The third-order valence-corrected chi connectivity index (χ3v) is 3.92. The Bertz CT molecular complexity index is 865. The molecule has 8 heteroatoms. The highest BCUT2D eigenvalue weighted by atomic mass is 16.6. The minimum absolute atomic E-state index is 0.0358. The third-order valence-electron chi connectivity index (χ3n) is 3.92. The van der Waals surface area contributed by atoms with Gasteiger partial charge in [0, 0.05) is 18.4 Å². The number of amides is 1. The first kappa shape index (κ1) is 16.9. The summed E-state index contributed by atoms with van der Waals surface area (Å²) in [6.07, 6.45) is 0.831. The minimum atomic E-state index is -0.993. The molecule has 0 saturated carbocycles. The summed E-state index contributed by atoms with van der Waals surface area (Å²) in [5.41, 5.74) is 0.381. The van der Waals surface area contributed by atoms with Gasteiger partial charge >= 0.3 is 12.1 Å². The molecule has 1 aromatic heterocycles. The Hall–Kier alpha value is -2.90. The number of carbonyl (C=O) groups is 3. The number of carbonyl (C=O) groups excluding carboxylic acids is 2. The molecule has 3 rings (SSSR count). The van der Waals surface area contributed by atoms with Crippen molar-refractivity contribution in [2.45, 2.75) is 32.8 Å². The van der Waals surface area contributed by atoms with Gasteiger partial charge in [0.2, 0.25) is 5.91 Å². The lowest BCUT2D eigenvalue weighted by atomic mass is 10.1. The molecule has 1 aliphatic rings. The predicted octanol–water partition coefficient (Wildman–Crippen LogP) is 2.26. The standard InChI is InChI=1S/C17H19N3O5/c1-17(2,3)25-16(24)20-13-6-4-5-12(11(13)8-18-20)19-9-10(15(22)23)7-14(19)21/h4-6,8,10H,7,9H2,1-3H3,(H,22,23). The molecule has 132 valence electrons. The van der Waals surface area contributed by atoms with Crippen LogP contribution in [0, 0.1) is 5.92 Å². The number of ether oxygens (including phenoxy) is 1. The Morgan fingerprint density at radius 3 is 2.64 bits per heavy atom. The summed E-state index contributed by atoms with van der Waals surface area (Å²) in [5.74, 6) is -1.99. The molecule has 25 heavy (non-hydrogen) atoms. The van der Waals surface area contributed by atoms with Crippen LogP contribution in [-0.4, -0.2) is 45.0 Å². The van der Waals surface area contributed by atoms with E-state index in [9.17, 15) is 14.4 Å². The normalized spacial score (nSPS) is 18.0. The van der Waals surface area contributed by atoms with Crippen LogP contribution in [0.15, 0.2) is 24.4 Å². The van der Waals surface area contributed by atoms with Gasteiger partial charge in [-0.05, 0) is 32.9 Å². The SMILES string of the molecule is CC(C)(C)OC(=O)n1ncc2c(N3CC(C(=O)O)CC3=O)cccc21. The number of aromatic nitrogens is 2. The lowest BCUT2D eigenvalue weighted by molar-refractivity contribution is -0.141. The minimum Gasteiger partial charge on any atom is -0.481 e. The van der Waals surface area contributed by atoms with E-state index in [0.29, 0.717) is 16.6 Å². The van der Waals surface area contributed by atoms with E-state index in [1.807, 2.05) is 0 Å². The van der Waals surface area contributed by atoms with Crippen LogP contribution in [0.5, 0.6) is 0 Å². The van der Waals surface area contributed by atoms with Gasteiger partial charge in [-0.25, -0.2) is 4.79 Å². The van der Waals surface area contributed by atoms with Crippen molar-refractivity contribution in [1.82, 2.24) is 9.78 Å². The number of carboxylic acids is 1. The van der Waals surface area contributed by atoms with Gasteiger partial charge in [0.25, 0.3) is 0 Å². The van der Waals surface area contributed by atoms with E-state index in [1.54, 1.807) is 39.0 Å². The first-order valence-electron chi connectivity index (χ1n) is 7.90. The summed E-state index contributed by atoms with van der Waals surface area (Å²) in [7, 11) is 0. The van der Waals surface area contributed by atoms with Crippen LogP contribution in [0.1, 0.15) is 27.2 Å². The van der Waals surface area contributed by atoms with Crippen molar-refractivity contribution in [2.75, 3.05) is 11.4 Å². The Morgan fingerprint density at radius 2 is 2.04 bits per heavy atom. The number of aliphatic carboxylic acids is 1. The number of hydrogen-bond acceptors (Lipinski definition) is 5. The van der Waals surface area contributed by atoms with Crippen molar-refractivity contribution in [2.24, 2.45) is 5.92 Å². The number of anilines is 1. The van der Waals surface area contributed by atoms with Gasteiger partial charge in [0.1, 0.15) is 5.60 Å². The maximum atomic E-state index is 12.3. The van der Waals surface area contributed by atoms with Gasteiger partial charge in [0.05, 0.1) is 23.3 Å². The van der Waals surface area contributed by atoms with Crippen molar-refractivity contribution in [3.63, 3.8) is 0 Å². The number of fused-ring (bicyclic) bond motifs is 1. The Kier molecular flexibility index (Phi) is 3.98. The Balaban J connectivity index is 1.98. The van der Waals surface area contributed by atoms with Gasteiger partial charge in [-0.15, -0.1) is 0 Å². The molecule has 2 heterocycles. The van der Waals surface area contributed by atoms with Gasteiger partial charge in [-0.3, -0.25) is 9.59 Å². The Morgan fingerprint density at radius 1 is 1.32 bits per heavy atom. The van der Waals surface area contributed by atoms with Crippen LogP contribution in [0.3, 0.4) is 0 Å². The second-order valence-electron chi connectivity index (χ2n) is 6.99. The zero-order chi connectivity index (χ0) is 18.4. The molecule has 1 fully saturated rings. The van der Waals surface area contributed by atoms with Crippen molar-refractivity contribution in [3.8, 4) is 0 Å². The highest BCUT2D eigenvalue weighted by Crippen LogP contribution is 2.32. The molecule has 0 radical (unpaired) electrons. The Labute approximate surface area is 144 Å². The van der Waals surface area contributed by atoms with Crippen LogP contribution in [0.2, 0.25) is 0 Å². The van der Waals surface area contributed by atoms with E-state index in [0.717, 1.165) is 4.68 Å². The van der Waals surface area contributed by atoms with Crippen molar-refractivity contribution >= 4 is 34.6 Å². The second-order valence-corrected chi connectivity index (χ2v) is 6.99. The largest absolute Gasteiger partial charge is 0.481 e. The first-order chi connectivity index (χ1) is 11.7. The topological polar surface area (TPSA) is 102 Å². The van der Waals surface area contributed by atoms with Crippen molar-refractivity contribution in [3.05, 3.63) is 24.4 Å². The molecule has 0 aliphatic carbocycles. The number of nitrogens with zero attached hydrogens (tertiary/aromatic N) is 3. The number of benzene rings is 1. The van der Waals surface area contributed by atoms with Crippen molar-refractivity contribution < 1.29 is 24.2 Å². The molecule has 1 amide bonds. The maximum absolute atomic E-state index is 12.3. The van der Waals surface area contributed by atoms with Gasteiger partial charge in [-0.1, -0.05) is 6.07 Å². The molecule has 2 aromatic rings. The summed E-state index contributed by atoms with van der Waals surface area (Å²) in [6, 6.07) is 5.11. The van der Waals surface area contributed by atoms with E-state index in [4.69, 9.17) is 9.84 Å². The molecular weight excluding hydrogens is 326 g/mol. The van der Waals surface area contributed by atoms with Crippen LogP contribution in [0.25, 0.3) is 10.9 Å². The van der Waals surface area contributed by atoms with Crippen LogP contribution in [-0.2, 0) is 14.3 Å². The first-order valence-corrected chi connectivity index (χ1v) is 7.90. The zero-order valence-electron chi connectivity index (χ0n) is 14.2. The fraction of sp³-hybridized carbons (Fsp3) is 0.412. The summed E-state index contributed by atoms with van der Waals surface area (Å²) in [6.45, 7) is 5.38. The molecule has 8 nitrogen and oxygen atoms in total. The molecule has 1 N–H and O–H groups in total. The van der Waals surface area contributed by atoms with E-state index >= 15 is 0 Å². The maximum Gasteiger partial charge on any atom is 0.435 e. The molecule has 0 bridgehead atoms. The fourth-order valence-electron chi connectivity index (χ4n) is 2.83. The third kappa shape index (κ3) is 3.19. The summed E-state index contributed by atoms with van der Waals surface area (Å²) < 4.78 is 6.47. The molecule has 1 aliphatic heterocycles. The average Bonchev–Trinajstić information content (AvgIpc) is 3.08. The van der Waals surface area contributed by atoms with Gasteiger partial charge in [-0.2, -0.15) is 9.78 Å². The lowest BCUT2D eigenvalue weighted by Crippen LogP contribution is -2.28. The van der Waals surface area contributed by atoms with E-state index in [1.165, 1.54) is 11.1 Å². The summed E-state index contributed by atoms with van der Waals surface area (Å²) in [5, 5.41) is 13.8. The van der Waals surface area contributed by atoms with Crippen LogP contribution in [0.4, 0.5) is 10.5 Å². The molecular formula is C17H19N3O5. The number of carboxylic acid groups (broad SMARTS) is 1. The smallest absolute Gasteiger partial charge is 0.435 e. The zero-order valence-corrected chi connectivity index (χ0v) is 14.2. The predicted molar refractivity (Wildman–Crippen MR) is 89.5 cm³/mol. The molecule has 0 spiro atoms. The van der Waals surface area contributed by atoms with Gasteiger partial charge < -0.3 is 14.7 Å². The molecule has 1 unspecified atom stereocenters. The summed E-state index contributed by atoms with van der Waals surface area (Å²) >= 11 is 0. The van der Waals surface area contributed by atoms with Gasteiger partial charge in [0.15, 0.2) is 0 Å². The highest BCUT2D eigenvalue weighted by molar-refractivity contribution is 6.06. The molecule has 1 saturated heterocycles. The van der Waals surface area contributed by atoms with Crippen molar-refractivity contribution in [1.29, 1.82) is 0 Å². The van der Waals surface area contributed by atoms with Crippen LogP contribution >= 0.6 is 0 Å². The lowest BCUT2D eigenvalue weighted by Gasteiger charge is -2.19. The van der Waals surface area contributed by atoms with E-state index in [-0.39, 0.29) is 18.9 Å². The highest BCUT2D eigenvalue weighted by Gasteiger charge is 2.36. The second kappa shape index (κ2) is 5.87. The fourth-order valence-corrected chi connectivity index (χ4v) is 2.83. The van der Waals surface area contributed by atoms with E-state index in [2.05, 4.69) is 5.10 Å². The molecule has 1 aromatic carbocycles. The average molecular weight is 345 g/mol. The quantitative estimate of drug-likeness (QED) is 0.896. The summed E-state index contributed by atoms with van der Waals surface area (Å²) in [4.78, 5) is 37.1. The molecule has 1 atom stereocenters. The van der Waals surface area contributed by atoms with E-state index < -0.39 is 23.6 Å². The number of rotatable bonds is 2. The van der Waals surface area contributed by atoms with Crippen LogP contribution < -0.4 is 4.90 Å². The monoisotopic (exact) mass is 345 g/mol.